The van der Waals surface area contributed by atoms with Gasteiger partial charge >= 0.3 is 0 Å². The molecule has 9 heteroatoms. The number of halogens is 4. The largest absolute Gasteiger partial charge is 0.481 e. The van der Waals surface area contributed by atoms with Gasteiger partial charge in [0.1, 0.15) is 17.3 Å². The third-order valence-electron chi connectivity index (χ3n) is 3.77. The molecule has 0 unspecified atom stereocenters. The molecule has 0 radical (unpaired) electrons. The summed E-state index contributed by atoms with van der Waals surface area (Å²) in [5, 5.41) is 4.57. The number of carbonyl (C=O) groups excluding carboxylic acids is 1. The van der Waals surface area contributed by atoms with Gasteiger partial charge in [0.15, 0.2) is 6.61 Å². The Bertz CT molecular complexity index is 1060. The number of aryl methyl sites for hydroxylation is 1. The number of hydrogen-bond acceptors (Lipinski definition) is 4. The Balaban J connectivity index is 1.56. The highest BCUT2D eigenvalue weighted by molar-refractivity contribution is 9.11. The molecule has 0 saturated heterocycles. The molecule has 0 fully saturated rings. The summed E-state index contributed by atoms with van der Waals surface area (Å²) in [6.07, 6.45) is 1.42. The zero-order valence-electron chi connectivity index (χ0n) is 15.0. The molecule has 5 nitrogen and oxygen atoms in total. The average molecular weight is 606 g/mol. The van der Waals surface area contributed by atoms with Gasteiger partial charge in [-0.1, -0.05) is 39.7 Å². The lowest BCUT2D eigenvalue weighted by Gasteiger charge is -2.09. The number of carbonyl (C=O) groups is 1. The maximum Gasteiger partial charge on any atom is 0.277 e. The number of benzene rings is 2. The summed E-state index contributed by atoms with van der Waals surface area (Å²) in [4.78, 5) is 12.0. The van der Waals surface area contributed by atoms with Crippen molar-refractivity contribution in [3.8, 4) is 17.1 Å². The van der Waals surface area contributed by atoms with Crippen molar-refractivity contribution in [3.63, 3.8) is 0 Å². The van der Waals surface area contributed by atoms with Crippen molar-refractivity contribution in [1.29, 1.82) is 0 Å². The number of nitrogens with one attached hydrogen (secondary N) is 1. The summed E-state index contributed by atoms with van der Waals surface area (Å²) in [5.74, 6) is 1.28. The Kier molecular flexibility index (Phi) is 7.56. The predicted octanol–water partition coefficient (Wildman–Crippen LogP) is 6.73. The molecule has 3 rings (SSSR count). The number of nitrogens with zero attached hydrogens (tertiary/aromatic N) is 1. The lowest BCUT2D eigenvalue weighted by molar-refractivity contribution is -0.123. The summed E-state index contributed by atoms with van der Waals surface area (Å²) in [7, 11) is 0. The first-order valence-electron chi connectivity index (χ1n) is 8.29. The van der Waals surface area contributed by atoms with E-state index >= 15 is 0 Å². The molecule has 0 bridgehead atoms. The zero-order valence-corrected chi connectivity index (χ0v) is 20.5. The van der Waals surface area contributed by atoms with E-state index in [1.165, 1.54) is 6.21 Å². The van der Waals surface area contributed by atoms with Crippen LogP contribution >= 0.6 is 59.4 Å². The van der Waals surface area contributed by atoms with Crippen LogP contribution in [0.25, 0.3) is 11.3 Å². The molecule has 1 amide bonds. The van der Waals surface area contributed by atoms with Crippen LogP contribution in [0.2, 0.25) is 5.02 Å². The van der Waals surface area contributed by atoms with Crippen molar-refractivity contribution in [2.45, 2.75) is 6.92 Å². The molecule has 1 heterocycles. The van der Waals surface area contributed by atoms with E-state index in [0.29, 0.717) is 22.3 Å². The second-order valence-corrected chi connectivity index (χ2v) is 8.98. The first-order valence-corrected chi connectivity index (χ1v) is 11.0. The van der Waals surface area contributed by atoms with Crippen LogP contribution in [0, 0.1) is 6.92 Å². The fraction of sp³-hybridized carbons (Fsp3) is 0.100. The first kappa shape index (κ1) is 22.1. The van der Waals surface area contributed by atoms with Crippen molar-refractivity contribution >= 4 is 71.5 Å². The highest BCUT2D eigenvalue weighted by Crippen LogP contribution is 2.36. The third-order valence-corrected chi connectivity index (χ3v) is 5.82. The Morgan fingerprint density at radius 1 is 1.17 bits per heavy atom. The Morgan fingerprint density at radius 2 is 1.90 bits per heavy atom. The van der Waals surface area contributed by atoms with Gasteiger partial charge in [-0.05, 0) is 74.7 Å². The van der Waals surface area contributed by atoms with E-state index in [4.69, 9.17) is 20.8 Å². The van der Waals surface area contributed by atoms with Crippen molar-refractivity contribution in [1.82, 2.24) is 5.43 Å². The second kappa shape index (κ2) is 9.93. The summed E-state index contributed by atoms with van der Waals surface area (Å²) in [6, 6.07) is 12.9. The van der Waals surface area contributed by atoms with Gasteiger partial charge in [0.2, 0.25) is 0 Å². The normalized spacial score (nSPS) is 11.1. The van der Waals surface area contributed by atoms with Crippen LogP contribution in [0.1, 0.15) is 11.3 Å². The Hall–Kier alpha value is -1.61. The van der Waals surface area contributed by atoms with Gasteiger partial charge in [-0.2, -0.15) is 5.10 Å². The van der Waals surface area contributed by atoms with Gasteiger partial charge in [0.05, 0.1) is 15.2 Å². The summed E-state index contributed by atoms with van der Waals surface area (Å²) in [5.41, 5.74) is 4.26. The van der Waals surface area contributed by atoms with Crippen LogP contribution < -0.4 is 10.2 Å². The molecule has 0 aliphatic heterocycles. The minimum Gasteiger partial charge on any atom is -0.481 e. The Morgan fingerprint density at radius 3 is 2.59 bits per heavy atom. The van der Waals surface area contributed by atoms with Gasteiger partial charge < -0.3 is 9.15 Å². The van der Waals surface area contributed by atoms with Crippen molar-refractivity contribution in [2.24, 2.45) is 5.10 Å². The lowest BCUT2D eigenvalue weighted by Crippen LogP contribution is -2.24. The highest BCUT2D eigenvalue weighted by atomic mass is 79.9. The SMILES string of the molecule is Cc1ccc(-c2ccc(C=NNC(=O)COc3c(Br)cc(Br)cc3Br)o2)cc1Cl. The van der Waals surface area contributed by atoms with Gasteiger partial charge in [-0.25, -0.2) is 5.43 Å². The fourth-order valence-electron chi connectivity index (χ4n) is 2.33. The molecular formula is C20H14Br3ClN2O3. The average Bonchev–Trinajstić information content (AvgIpc) is 3.12. The van der Waals surface area contributed by atoms with Crippen LogP contribution in [-0.4, -0.2) is 18.7 Å². The van der Waals surface area contributed by atoms with E-state index in [-0.39, 0.29) is 6.61 Å². The van der Waals surface area contributed by atoms with E-state index in [1.807, 2.05) is 43.3 Å². The number of ether oxygens (including phenoxy) is 1. The molecule has 0 saturated carbocycles. The molecule has 1 N–H and O–H groups in total. The smallest absolute Gasteiger partial charge is 0.277 e. The molecule has 0 atom stereocenters. The molecule has 0 aliphatic carbocycles. The second-order valence-electron chi connectivity index (χ2n) is 5.95. The van der Waals surface area contributed by atoms with Crippen LogP contribution in [0.3, 0.4) is 0 Å². The number of hydrogen-bond donors (Lipinski definition) is 1. The maximum absolute atomic E-state index is 12.0. The van der Waals surface area contributed by atoms with Crippen LogP contribution in [0.15, 0.2) is 65.4 Å². The zero-order chi connectivity index (χ0) is 21.0. The fourth-order valence-corrected chi connectivity index (χ4v) is 5.00. The van der Waals surface area contributed by atoms with Crippen LogP contribution in [0.4, 0.5) is 0 Å². The monoisotopic (exact) mass is 602 g/mol. The number of amides is 1. The summed E-state index contributed by atoms with van der Waals surface area (Å²) in [6.45, 7) is 1.74. The van der Waals surface area contributed by atoms with E-state index < -0.39 is 5.91 Å². The molecule has 150 valence electrons. The third kappa shape index (κ3) is 5.94. The number of hydrazone groups is 1. The van der Waals surface area contributed by atoms with Crippen molar-refractivity contribution < 1.29 is 13.9 Å². The summed E-state index contributed by atoms with van der Waals surface area (Å²) < 4.78 is 13.6. The standard InChI is InChI=1S/C20H14Br3ClN2O3/c1-11-2-3-12(6-17(11)24)18-5-4-14(29-18)9-25-26-19(27)10-28-20-15(22)7-13(21)8-16(20)23/h2-9H,10H2,1H3,(H,26,27). The molecule has 0 spiro atoms. The summed E-state index contributed by atoms with van der Waals surface area (Å²) >= 11 is 16.3. The molecule has 29 heavy (non-hydrogen) atoms. The number of furan rings is 1. The van der Waals surface area contributed by atoms with E-state index in [9.17, 15) is 4.79 Å². The van der Waals surface area contributed by atoms with E-state index in [0.717, 1.165) is 24.5 Å². The van der Waals surface area contributed by atoms with Gasteiger partial charge in [-0.15, -0.1) is 0 Å². The minimum absolute atomic E-state index is 0.193. The van der Waals surface area contributed by atoms with Gasteiger partial charge in [-0.3, -0.25) is 4.79 Å². The lowest BCUT2D eigenvalue weighted by atomic mass is 10.1. The maximum atomic E-state index is 12.0. The van der Waals surface area contributed by atoms with E-state index in [2.05, 4.69) is 58.3 Å². The van der Waals surface area contributed by atoms with Crippen molar-refractivity contribution in [2.75, 3.05) is 6.61 Å². The molecule has 1 aromatic heterocycles. The van der Waals surface area contributed by atoms with Crippen molar-refractivity contribution in [3.05, 3.63) is 72.2 Å². The highest BCUT2D eigenvalue weighted by Gasteiger charge is 2.10. The molecule has 2 aromatic carbocycles. The molecule has 3 aromatic rings. The predicted molar refractivity (Wildman–Crippen MR) is 125 cm³/mol. The molecule has 0 aliphatic rings. The first-order chi connectivity index (χ1) is 13.8. The Labute approximate surface area is 197 Å². The van der Waals surface area contributed by atoms with E-state index in [1.54, 1.807) is 6.07 Å². The minimum atomic E-state index is -0.403. The van der Waals surface area contributed by atoms with Crippen LogP contribution in [0.5, 0.6) is 5.75 Å². The number of rotatable bonds is 6. The molecular weight excluding hydrogens is 591 g/mol. The van der Waals surface area contributed by atoms with Gasteiger partial charge in [0, 0.05) is 15.1 Å². The quantitative estimate of drug-likeness (QED) is 0.251. The topological polar surface area (TPSA) is 63.8 Å². The van der Waals surface area contributed by atoms with Gasteiger partial charge in [0.25, 0.3) is 5.91 Å². The van der Waals surface area contributed by atoms with Crippen LogP contribution in [-0.2, 0) is 4.79 Å².